The zero-order valence-electron chi connectivity index (χ0n) is 12.6. The number of sulfonamides is 1. The summed E-state index contributed by atoms with van der Waals surface area (Å²) in [6.07, 6.45) is 1.30. The van der Waals surface area contributed by atoms with Gasteiger partial charge >= 0.3 is 0 Å². The minimum Gasteiger partial charge on any atom is -0.340 e. The number of ketones is 1. The van der Waals surface area contributed by atoms with Gasteiger partial charge in [0, 0.05) is 31.5 Å². The number of benzene rings is 1. The van der Waals surface area contributed by atoms with Gasteiger partial charge in [-0.2, -0.15) is 0 Å². The van der Waals surface area contributed by atoms with Crippen molar-refractivity contribution < 1.29 is 13.2 Å². The summed E-state index contributed by atoms with van der Waals surface area (Å²) in [7, 11) is -0.552. The largest absolute Gasteiger partial charge is 0.340 e. The second-order valence-corrected chi connectivity index (χ2v) is 7.08. The van der Waals surface area contributed by atoms with Gasteiger partial charge in [0.1, 0.15) is 10.7 Å². The quantitative estimate of drug-likeness (QED) is 0.855. The number of rotatable bonds is 5. The molecule has 0 aliphatic carbocycles. The van der Waals surface area contributed by atoms with Crippen LogP contribution in [0.1, 0.15) is 17.3 Å². The average Bonchev–Trinajstić information content (AvgIpc) is 2.48. The van der Waals surface area contributed by atoms with E-state index >= 15 is 0 Å². The van der Waals surface area contributed by atoms with E-state index in [0.717, 1.165) is 4.31 Å². The van der Waals surface area contributed by atoms with Crippen molar-refractivity contribution in [2.45, 2.75) is 11.8 Å². The number of carbonyl (C=O) groups excluding carboxylic acids is 1. The lowest BCUT2D eigenvalue weighted by Crippen LogP contribution is -2.22. The van der Waals surface area contributed by atoms with Crippen LogP contribution in [0.4, 0.5) is 11.5 Å². The molecule has 2 aromatic rings. The Kier molecular flexibility index (Phi) is 4.58. The predicted molar refractivity (Wildman–Crippen MR) is 84.8 cm³/mol. The number of pyridine rings is 1. The van der Waals surface area contributed by atoms with E-state index in [1.165, 1.54) is 33.3 Å². The minimum atomic E-state index is -3.49. The number of Topliss-reactive ketones (excluding diaryl/α,β-unsaturated/α-hetero) is 1. The highest BCUT2D eigenvalue weighted by Crippen LogP contribution is 2.18. The van der Waals surface area contributed by atoms with Gasteiger partial charge < -0.3 is 5.32 Å². The van der Waals surface area contributed by atoms with Gasteiger partial charge in [0.05, 0.1) is 0 Å². The van der Waals surface area contributed by atoms with Crippen LogP contribution in [-0.2, 0) is 10.0 Å². The van der Waals surface area contributed by atoms with Crippen LogP contribution in [0.25, 0.3) is 0 Å². The van der Waals surface area contributed by atoms with Crippen molar-refractivity contribution in [1.82, 2.24) is 9.29 Å². The number of hydrogen-bond donors (Lipinski definition) is 1. The number of nitrogens with zero attached hydrogens (tertiary/aromatic N) is 2. The Balaban J connectivity index is 2.22. The molecule has 116 valence electrons. The first-order valence-electron chi connectivity index (χ1n) is 6.57. The van der Waals surface area contributed by atoms with Gasteiger partial charge in [-0.05, 0) is 31.2 Å². The Bertz CT molecular complexity index is 784. The molecule has 0 aliphatic rings. The molecule has 0 radical (unpaired) electrons. The average molecular weight is 319 g/mol. The molecule has 2 rings (SSSR count). The predicted octanol–water partition coefficient (Wildman–Crippen LogP) is 2.28. The van der Waals surface area contributed by atoms with E-state index in [0.29, 0.717) is 17.1 Å². The zero-order valence-corrected chi connectivity index (χ0v) is 13.4. The van der Waals surface area contributed by atoms with E-state index in [2.05, 4.69) is 10.3 Å². The van der Waals surface area contributed by atoms with Gasteiger partial charge in [0.2, 0.25) is 10.0 Å². The van der Waals surface area contributed by atoms with E-state index in [9.17, 15) is 13.2 Å². The molecular weight excluding hydrogens is 302 g/mol. The molecule has 22 heavy (non-hydrogen) atoms. The van der Waals surface area contributed by atoms with Crippen LogP contribution in [0, 0.1) is 0 Å². The molecule has 1 aromatic heterocycles. The summed E-state index contributed by atoms with van der Waals surface area (Å²) < 4.78 is 25.0. The summed E-state index contributed by atoms with van der Waals surface area (Å²) in [5.41, 5.74) is 1.31. The fourth-order valence-corrected chi connectivity index (χ4v) is 2.63. The molecule has 0 amide bonds. The third-order valence-electron chi connectivity index (χ3n) is 3.06. The maximum Gasteiger partial charge on any atom is 0.244 e. The number of nitrogens with one attached hydrogen (secondary N) is 1. The van der Waals surface area contributed by atoms with Crippen LogP contribution in [-0.4, -0.2) is 37.6 Å². The highest BCUT2D eigenvalue weighted by molar-refractivity contribution is 7.89. The molecule has 1 N–H and O–H groups in total. The van der Waals surface area contributed by atoms with Gasteiger partial charge in [-0.3, -0.25) is 4.79 Å². The molecule has 6 nitrogen and oxygen atoms in total. The van der Waals surface area contributed by atoms with Gasteiger partial charge in [-0.1, -0.05) is 12.1 Å². The van der Waals surface area contributed by atoms with E-state index in [1.807, 2.05) is 0 Å². The van der Waals surface area contributed by atoms with Crippen LogP contribution < -0.4 is 5.32 Å². The van der Waals surface area contributed by atoms with Crippen molar-refractivity contribution in [1.29, 1.82) is 0 Å². The highest BCUT2D eigenvalue weighted by atomic mass is 32.2. The first kappa shape index (κ1) is 16.1. The van der Waals surface area contributed by atoms with Crippen molar-refractivity contribution in [3.05, 3.63) is 48.2 Å². The molecule has 0 saturated carbocycles. The van der Waals surface area contributed by atoms with Crippen LogP contribution in [0.15, 0.2) is 47.5 Å². The van der Waals surface area contributed by atoms with Crippen LogP contribution in [0.5, 0.6) is 0 Å². The van der Waals surface area contributed by atoms with Crippen molar-refractivity contribution in [2.75, 3.05) is 19.4 Å². The summed E-state index contributed by atoms with van der Waals surface area (Å²) in [5, 5.41) is 3.04. The number of aromatic nitrogens is 1. The summed E-state index contributed by atoms with van der Waals surface area (Å²) in [6.45, 7) is 1.50. The van der Waals surface area contributed by atoms with Crippen molar-refractivity contribution in [3.63, 3.8) is 0 Å². The summed E-state index contributed by atoms with van der Waals surface area (Å²) in [5.74, 6) is 0.474. The van der Waals surface area contributed by atoms with E-state index in [1.54, 1.807) is 30.3 Å². The van der Waals surface area contributed by atoms with Crippen molar-refractivity contribution >= 4 is 27.3 Å². The Morgan fingerprint density at radius 2 is 1.91 bits per heavy atom. The maximum absolute atomic E-state index is 11.9. The molecule has 0 aliphatic heterocycles. The molecular formula is C15H17N3O3S. The van der Waals surface area contributed by atoms with E-state index in [-0.39, 0.29) is 10.7 Å². The first-order chi connectivity index (χ1) is 10.3. The maximum atomic E-state index is 11.9. The number of anilines is 2. The lowest BCUT2D eigenvalue weighted by molar-refractivity contribution is 0.101. The minimum absolute atomic E-state index is 0.0240. The normalized spacial score (nSPS) is 11.5. The summed E-state index contributed by atoms with van der Waals surface area (Å²) >= 11 is 0. The summed E-state index contributed by atoms with van der Waals surface area (Å²) in [4.78, 5) is 15.6. The molecule has 0 fully saturated rings. The third-order valence-corrected chi connectivity index (χ3v) is 4.86. The molecule has 1 aromatic carbocycles. The van der Waals surface area contributed by atoms with Gasteiger partial charge in [-0.25, -0.2) is 17.7 Å². The van der Waals surface area contributed by atoms with Gasteiger partial charge in [0.25, 0.3) is 0 Å². The molecule has 0 atom stereocenters. The Labute approximate surface area is 129 Å². The summed E-state index contributed by atoms with van der Waals surface area (Å²) in [6, 6.07) is 10.1. The number of carbonyl (C=O) groups is 1. The molecule has 7 heteroatoms. The first-order valence-corrected chi connectivity index (χ1v) is 8.01. The lowest BCUT2D eigenvalue weighted by Gasteiger charge is -2.12. The molecule has 0 unspecified atom stereocenters. The monoisotopic (exact) mass is 319 g/mol. The Hall–Kier alpha value is -2.25. The smallest absolute Gasteiger partial charge is 0.244 e. The fraction of sp³-hybridized carbons (Fsp3) is 0.200. The second kappa shape index (κ2) is 6.25. The van der Waals surface area contributed by atoms with Crippen LogP contribution in [0.3, 0.4) is 0 Å². The Morgan fingerprint density at radius 3 is 2.45 bits per heavy atom. The SMILES string of the molecule is CC(=O)c1cccc(Nc2ccc(S(=O)(=O)N(C)C)cn2)c1. The van der Waals surface area contributed by atoms with Gasteiger partial charge in [-0.15, -0.1) is 0 Å². The molecule has 0 saturated heterocycles. The highest BCUT2D eigenvalue weighted by Gasteiger charge is 2.17. The fourth-order valence-electron chi connectivity index (χ4n) is 1.78. The molecule has 1 heterocycles. The molecule has 0 bridgehead atoms. The number of hydrogen-bond acceptors (Lipinski definition) is 5. The van der Waals surface area contributed by atoms with Gasteiger partial charge in [0.15, 0.2) is 5.78 Å². The van der Waals surface area contributed by atoms with Crippen molar-refractivity contribution in [2.24, 2.45) is 0 Å². The topological polar surface area (TPSA) is 79.4 Å². The van der Waals surface area contributed by atoms with E-state index < -0.39 is 10.0 Å². The molecule has 0 spiro atoms. The van der Waals surface area contributed by atoms with Crippen LogP contribution >= 0.6 is 0 Å². The van der Waals surface area contributed by atoms with Crippen LogP contribution in [0.2, 0.25) is 0 Å². The third kappa shape index (κ3) is 3.49. The second-order valence-electron chi connectivity index (χ2n) is 4.93. The lowest BCUT2D eigenvalue weighted by atomic mass is 10.1. The Morgan fingerprint density at radius 1 is 1.18 bits per heavy atom. The van der Waals surface area contributed by atoms with E-state index in [4.69, 9.17) is 0 Å². The van der Waals surface area contributed by atoms with Crippen molar-refractivity contribution in [3.8, 4) is 0 Å². The zero-order chi connectivity index (χ0) is 16.3. The standard InChI is InChI=1S/C15H17N3O3S/c1-11(19)12-5-4-6-13(9-12)17-15-8-7-14(10-16-15)22(20,21)18(2)3/h4-10H,1-3H3,(H,16,17).